The summed E-state index contributed by atoms with van der Waals surface area (Å²) in [6.07, 6.45) is 1.48. The molecule has 0 atom stereocenters. The van der Waals surface area contributed by atoms with Crippen molar-refractivity contribution in [3.05, 3.63) is 89.2 Å². The Morgan fingerprint density at radius 2 is 1.91 bits per heavy atom. The molecule has 0 aliphatic carbocycles. The first-order valence-corrected chi connectivity index (χ1v) is 12.2. The van der Waals surface area contributed by atoms with Crippen LogP contribution in [-0.4, -0.2) is 40.1 Å². The van der Waals surface area contributed by atoms with Crippen LogP contribution < -0.4 is 0 Å². The number of benzene rings is 2. The van der Waals surface area contributed by atoms with Gasteiger partial charge in [0.1, 0.15) is 17.4 Å². The summed E-state index contributed by atoms with van der Waals surface area (Å²) in [5.41, 5.74) is 2.15. The van der Waals surface area contributed by atoms with E-state index in [0.29, 0.717) is 38.7 Å². The predicted molar refractivity (Wildman–Crippen MR) is 138 cm³/mol. The number of nitrogens with one attached hydrogen (secondary N) is 1. The molecular formula is C25H18N4O4S2. The third-order valence-corrected chi connectivity index (χ3v) is 7.04. The molecule has 0 radical (unpaired) electrons. The third kappa shape index (κ3) is 4.58. The van der Waals surface area contributed by atoms with Crippen molar-refractivity contribution in [1.82, 2.24) is 4.90 Å². The van der Waals surface area contributed by atoms with Crippen LogP contribution in [0.4, 0.5) is 0 Å². The van der Waals surface area contributed by atoms with Crippen LogP contribution in [0.2, 0.25) is 0 Å². The second-order valence-electron chi connectivity index (χ2n) is 7.42. The minimum atomic E-state index is -0.536. The topological polar surface area (TPSA) is 108 Å². The van der Waals surface area contributed by atoms with Crippen LogP contribution in [0.5, 0.6) is 0 Å². The number of amidine groups is 3. The van der Waals surface area contributed by atoms with Crippen LogP contribution in [0.3, 0.4) is 0 Å². The van der Waals surface area contributed by atoms with E-state index in [9.17, 15) is 9.59 Å². The fourth-order valence-electron chi connectivity index (χ4n) is 3.52. The van der Waals surface area contributed by atoms with Gasteiger partial charge in [-0.15, -0.1) is 0 Å². The highest BCUT2D eigenvalue weighted by Gasteiger charge is 2.37. The lowest BCUT2D eigenvalue weighted by Crippen LogP contribution is -2.41. The highest BCUT2D eigenvalue weighted by molar-refractivity contribution is 8.18. The highest BCUT2D eigenvalue weighted by Crippen LogP contribution is 2.34. The van der Waals surface area contributed by atoms with E-state index in [-0.39, 0.29) is 11.4 Å². The Kier molecular flexibility index (Phi) is 6.39. The molecule has 0 bridgehead atoms. The standard InChI is InChI=1S/C25H18N4O4S2/c1-32-23(31)18-10-6-5-9-17(18)20-12-11-16(33-20)13-19-21(26)29-24(27-22(19)30)35-28-25(29)34-14-15-7-3-2-4-8-15/h2-13,26H,14H2,1H3. The fourth-order valence-corrected chi connectivity index (χ4v) is 5.32. The highest BCUT2D eigenvalue weighted by atomic mass is 32.2. The van der Waals surface area contributed by atoms with E-state index in [2.05, 4.69) is 9.39 Å². The van der Waals surface area contributed by atoms with Gasteiger partial charge in [-0.2, -0.15) is 9.39 Å². The molecule has 0 unspecified atom stereocenters. The summed E-state index contributed by atoms with van der Waals surface area (Å²) in [6, 6.07) is 20.2. The van der Waals surface area contributed by atoms with Crippen LogP contribution in [-0.2, 0) is 15.3 Å². The summed E-state index contributed by atoms with van der Waals surface area (Å²) in [4.78, 5) is 30.5. The lowest BCUT2D eigenvalue weighted by atomic mass is 10.1. The average molecular weight is 503 g/mol. The Balaban J connectivity index is 1.39. The van der Waals surface area contributed by atoms with E-state index < -0.39 is 11.9 Å². The maximum absolute atomic E-state index is 12.7. The second kappa shape index (κ2) is 9.77. The Morgan fingerprint density at radius 1 is 1.14 bits per heavy atom. The van der Waals surface area contributed by atoms with Crippen LogP contribution in [0.15, 0.2) is 86.1 Å². The number of methoxy groups -OCH3 is 1. The number of thioether (sulfide) groups is 1. The molecule has 0 saturated carbocycles. The van der Waals surface area contributed by atoms with E-state index in [1.54, 1.807) is 41.3 Å². The normalized spacial score (nSPS) is 16.3. The number of nitrogens with zero attached hydrogens (tertiary/aromatic N) is 3. The number of hydrogen-bond donors (Lipinski definition) is 1. The van der Waals surface area contributed by atoms with Gasteiger partial charge in [0, 0.05) is 11.3 Å². The Labute approximate surface area is 209 Å². The van der Waals surface area contributed by atoms with Gasteiger partial charge in [0.05, 0.1) is 30.2 Å². The minimum absolute atomic E-state index is 0.0165. The summed E-state index contributed by atoms with van der Waals surface area (Å²) in [6.45, 7) is 0. The van der Waals surface area contributed by atoms with Gasteiger partial charge in [-0.1, -0.05) is 60.3 Å². The summed E-state index contributed by atoms with van der Waals surface area (Å²) < 4.78 is 15.2. The smallest absolute Gasteiger partial charge is 0.338 e. The molecule has 1 amide bonds. The van der Waals surface area contributed by atoms with E-state index in [4.69, 9.17) is 14.6 Å². The number of esters is 1. The molecule has 35 heavy (non-hydrogen) atoms. The summed E-state index contributed by atoms with van der Waals surface area (Å²) in [7, 11) is 1.32. The van der Waals surface area contributed by atoms with E-state index in [1.807, 2.05) is 30.3 Å². The molecule has 0 fully saturated rings. The molecule has 0 saturated heterocycles. The maximum Gasteiger partial charge on any atom is 0.338 e. The molecular weight excluding hydrogens is 484 g/mol. The van der Waals surface area contributed by atoms with Gasteiger partial charge < -0.3 is 9.15 Å². The predicted octanol–water partition coefficient (Wildman–Crippen LogP) is 5.24. The van der Waals surface area contributed by atoms with Crippen LogP contribution in [0.1, 0.15) is 21.7 Å². The van der Waals surface area contributed by atoms with Gasteiger partial charge in [0.25, 0.3) is 5.91 Å². The van der Waals surface area contributed by atoms with Crippen molar-refractivity contribution >= 4 is 57.8 Å². The number of aliphatic imine (C=N–C) groups is 1. The Morgan fingerprint density at radius 3 is 2.71 bits per heavy atom. The molecule has 3 heterocycles. The molecule has 3 aromatic rings. The molecule has 10 heteroatoms. The zero-order valence-electron chi connectivity index (χ0n) is 18.4. The van der Waals surface area contributed by atoms with Crippen molar-refractivity contribution < 1.29 is 18.7 Å². The quantitative estimate of drug-likeness (QED) is 0.289. The monoisotopic (exact) mass is 502 g/mol. The lowest BCUT2D eigenvalue weighted by Gasteiger charge is -2.24. The SMILES string of the molecule is COC(=O)c1ccccc1-c1ccc(C=C2C(=N)N3C(SCc4ccccc4)=NSC3=NC2=O)o1. The van der Waals surface area contributed by atoms with Crippen LogP contribution in [0.25, 0.3) is 17.4 Å². The number of rotatable bonds is 5. The fraction of sp³-hybridized carbons (Fsp3) is 0.0800. The first kappa shape index (κ1) is 22.9. The maximum atomic E-state index is 12.7. The number of ether oxygens (including phenoxy) is 1. The largest absolute Gasteiger partial charge is 0.465 e. The van der Waals surface area contributed by atoms with Gasteiger partial charge in [-0.05, 0) is 29.8 Å². The van der Waals surface area contributed by atoms with E-state index in [0.717, 1.165) is 17.5 Å². The molecule has 5 rings (SSSR count). The Bertz CT molecular complexity index is 1430. The minimum Gasteiger partial charge on any atom is -0.465 e. The van der Waals surface area contributed by atoms with Gasteiger partial charge in [0.2, 0.25) is 5.17 Å². The Hall–Kier alpha value is -3.89. The van der Waals surface area contributed by atoms with Gasteiger partial charge in [-0.3, -0.25) is 10.2 Å². The molecule has 8 nitrogen and oxygen atoms in total. The number of carbonyl (C=O) groups excluding carboxylic acids is 2. The summed E-state index contributed by atoms with van der Waals surface area (Å²) in [5, 5.41) is 9.65. The third-order valence-electron chi connectivity index (χ3n) is 5.22. The van der Waals surface area contributed by atoms with Gasteiger partial charge in [0.15, 0.2) is 5.17 Å². The zero-order valence-corrected chi connectivity index (χ0v) is 20.1. The molecule has 0 spiro atoms. The number of furan rings is 1. The van der Waals surface area contributed by atoms with E-state index in [1.165, 1.54) is 24.9 Å². The van der Waals surface area contributed by atoms with Crippen molar-refractivity contribution in [3.63, 3.8) is 0 Å². The second-order valence-corrected chi connectivity index (χ2v) is 9.09. The number of hydrogen-bond acceptors (Lipinski definition) is 8. The summed E-state index contributed by atoms with van der Waals surface area (Å²) >= 11 is 2.55. The van der Waals surface area contributed by atoms with Crippen LogP contribution >= 0.6 is 23.7 Å². The zero-order chi connectivity index (χ0) is 24.4. The average Bonchev–Trinajstić information content (AvgIpc) is 3.52. The van der Waals surface area contributed by atoms with Crippen molar-refractivity contribution in [3.8, 4) is 11.3 Å². The summed E-state index contributed by atoms with van der Waals surface area (Å²) in [5.74, 6) is 0.437. The number of amides is 1. The lowest BCUT2D eigenvalue weighted by molar-refractivity contribution is -0.114. The molecule has 1 N–H and O–H groups in total. The first-order valence-electron chi connectivity index (χ1n) is 10.5. The van der Waals surface area contributed by atoms with Gasteiger partial charge >= 0.3 is 5.97 Å². The molecule has 1 aromatic heterocycles. The van der Waals surface area contributed by atoms with Crippen molar-refractivity contribution in [1.29, 1.82) is 5.41 Å². The van der Waals surface area contributed by atoms with Crippen molar-refractivity contribution in [2.24, 2.45) is 9.39 Å². The van der Waals surface area contributed by atoms with Gasteiger partial charge in [-0.25, -0.2) is 9.69 Å². The first-order chi connectivity index (χ1) is 17.0. The molecule has 174 valence electrons. The van der Waals surface area contributed by atoms with Crippen LogP contribution in [0, 0.1) is 5.41 Å². The molecule has 2 aliphatic rings. The molecule has 2 aromatic carbocycles. The number of fused-ring (bicyclic) bond motifs is 1. The van der Waals surface area contributed by atoms with Crippen molar-refractivity contribution in [2.75, 3.05) is 7.11 Å². The van der Waals surface area contributed by atoms with E-state index >= 15 is 0 Å². The molecule has 2 aliphatic heterocycles. The number of carbonyl (C=O) groups is 2. The van der Waals surface area contributed by atoms with Crippen molar-refractivity contribution in [2.45, 2.75) is 5.75 Å².